The van der Waals surface area contributed by atoms with Crippen molar-refractivity contribution in [3.63, 3.8) is 0 Å². The Morgan fingerprint density at radius 2 is 1.15 bits per heavy atom. The summed E-state index contributed by atoms with van der Waals surface area (Å²) < 4.78 is 44.9. The number of imidazole rings is 1. The van der Waals surface area contributed by atoms with Gasteiger partial charge in [0.05, 0.1) is 22.3 Å². The Hall–Kier alpha value is -7.04. The predicted octanol–water partition coefficient (Wildman–Crippen LogP) is 16.8. The molecule has 0 aliphatic heterocycles. The third-order valence-corrected chi connectivity index (χ3v) is 13.5. The zero-order valence-corrected chi connectivity index (χ0v) is 39.4. The molecule has 1 saturated carbocycles. The molecule has 10 rings (SSSR count). The summed E-state index contributed by atoms with van der Waals surface area (Å²) in [6, 6.07) is 56.5. The van der Waals surface area contributed by atoms with Crippen molar-refractivity contribution in [2.24, 2.45) is 0 Å². The first-order valence-electron chi connectivity index (χ1n) is 26.0. The van der Waals surface area contributed by atoms with E-state index in [4.69, 9.17) is 14.1 Å². The fourth-order valence-corrected chi connectivity index (χ4v) is 9.60. The summed E-state index contributed by atoms with van der Waals surface area (Å²) in [5.41, 5.74) is 14.1. The van der Waals surface area contributed by atoms with Gasteiger partial charge in [-0.15, -0.1) is 0 Å². The van der Waals surface area contributed by atoms with Crippen LogP contribution in [-0.4, -0.2) is 19.6 Å². The highest BCUT2D eigenvalue weighted by molar-refractivity contribution is 5.97. The largest absolute Gasteiger partial charge is 0.507 e. The Balaban J connectivity index is 1.14. The van der Waals surface area contributed by atoms with Crippen LogP contribution in [0.4, 0.5) is 0 Å². The lowest BCUT2D eigenvalue weighted by atomic mass is 9.76. The monoisotopic (exact) mass is 881 g/mol. The van der Waals surface area contributed by atoms with E-state index in [0.717, 1.165) is 83.6 Å². The molecule has 0 atom stereocenters. The molecular formula is C63H61N3O. The highest BCUT2D eigenvalue weighted by Gasteiger charge is 2.28. The van der Waals surface area contributed by atoms with Crippen LogP contribution in [0.1, 0.15) is 114 Å². The molecule has 0 saturated heterocycles. The number of hydrogen-bond acceptors (Lipinski definition) is 3. The molecule has 1 aliphatic carbocycles. The normalized spacial score (nSPS) is 19.0. The van der Waals surface area contributed by atoms with Gasteiger partial charge in [-0.2, -0.15) is 0 Å². The third kappa shape index (κ3) is 8.86. The summed E-state index contributed by atoms with van der Waals surface area (Å²) in [5, 5.41) is 12.6. The Morgan fingerprint density at radius 3 is 1.81 bits per heavy atom. The maximum absolute atomic E-state index is 12.6. The zero-order valence-electron chi connectivity index (χ0n) is 44.4. The van der Waals surface area contributed by atoms with Crippen LogP contribution >= 0.6 is 0 Å². The number of hydrogen-bond donors (Lipinski definition) is 1. The number of aromatic hydroxyl groups is 1. The molecule has 2 aromatic heterocycles. The van der Waals surface area contributed by atoms with Gasteiger partial charge in [-0.25, -0.2) is 4.98 Å². The summed E-state index contributed by atoms with van der Waals surface area (Å²) in [7, 11) is 0. The molecular weight excluding hydrogens is 815 g/mol. The van der Waals surface area contributed by atoms with Gasteiger partial charge in [0.15, 0.2) is 0 Å². The molecule has 0 bridgehead atoms. The average Bonchev–Trinajstić information content (AvgIpc) is 3.77. The highest BCUT2D eigenvalue weighted by Crippen LogP contribution is 2.46. The number of phenolic OH excluding ortho intramolecular Hbond substituents is 1. The van der Waals surface area contributed by atoms with Crippen molar-refractivity contribution < 1.29 is 12.0 Å². The van der Waals surface area contributed by atoms with E-state index in [2.05, 4.69) is 125 Å². The lowest BCUT2D eigenvalue weighted by molar-refractivity contribution is 0.396. The van der Waals surface area contributed by atoms with Crippen LogP contribution in [0, 0.1) is 6.85 Å². The van der Waals surface area contributed by atoms with Crippen molar-refractivity contribution in [1.82, 2.24) is 14.5 Å². The number of fused-ring (bicyclic) bond motifs is 1. The van der Waals surface area contributed by atoms with Gasteiger partial charge in [-0.05, 0) is 154 Å². The molecule has 0 unspecified atom stereocenters. The molecule has 67 heavy (non-hydrogen) atoms. The van der Waals surface area contributed by atoms with Crippen LogP contribution in [0.25, 0.3) is 72.7 Å². The van der Waals surface area contributed by atoms with Gasteiger partial charge in [0.25, 0.3) is 0 Å². The second kappa shape index (κ2) is 17.6. The first-order chi connectivity index (χ1) is 34.2. The first-order valence-corrected chi connectivity index (χ1v) is 23.5. The van der Waals surface area contributed by atoms with Crippen molar-refractivity contribution in [3.8, 4) is 67.5 Å². The maximum atomic E-state index is 12.6. The Labute approximate surface area is 404 Å². The fourth-order valence-electron chi connectivity index (χ4n) is 9.60. The minimum atomic E-state index is -2.18. The maximum Gasteiger partial charge on any atom is 0.149 e. The summed E-state index contributed by atoms with van der Waals surface area (Å²) in [6.07, 6.45) is 4.18. The van der Waals surface area contributed by atoms with E-state index in [1.165, 1.54) is 0 Å². The molecule has 334 valence electrons. The van der Waals surface area contributed by atoms with Crippen LogP contribution in [0.15, 0.2) is 176 Å². The average molecular weight is 881 g/mol. The van der Waals surface area contributed by atoms with E-state index < -0.39 is 18.6 Å². The predicted molar refractivity (Wildman–Crippen MR) is 280 cm³/mol. The fraction of sp³-hybridized carbons (Fsp3) is 0.238. The van der Waals surface area contributed by atoms with Crippen molar-refractivity contribution in [1.29, 1.82) is 0 Å². The Bertz CT molecular complexity index is 3430. The van der Waals surface area contributed by atoms with Gasteiger partial charge in [-0.1, -0.05) is 162 Å². The van der Waals surface area contributed by atoms with Gasteiger partial charge in [0.1, 0.15) is 11.6 Å². The minimum Gasteiger partial charge on any atom is -0.507 e. The zero-order chi connectivity index (χ0) is 50.8. The summed E-state index contributed by atoms with van der Waals surface area (Å²) in [5.74, 6) is -0.800. The van der Waals surface area contributed by atoms with Crippen molar-refractivity contribution in [3.05, 3.63) is 204 Å². The molecule has 1 fully saturated rings. The second-order valence-electron chi connectivity index (χ2n) is 20.2. The molecule has 0 amide bonds. The molecule has 4 heteroatoms. The molecule has 1 aliphatic rings. The molecule has 2 heterocycles. The number of rotatable bonds is 8. The number of phenols is 1. The van der Waals surface area contributed by atoms with Crippen LogP contribution in [-0.2, 0) is 10.8 Å². The minimum absolute atomic E-state index is 0.143. The van der Waals surface area contributed by atoms with Crippen LogP contribution in [0.2, 0.25) is 0 Å². The van der Waals surface area contributed by atoms with E-state index in [1.807, 2.05) is 78.9 Å². The van der Waals surface area contributed by atoms with E-state index >= 15 is 0 Å². The molecule has 7 aromatic carbocycles. The number of pyridine rings is 1. The smallest absolute Gasteiger partial charge is 0.149 e. The number of para-hydroxylation sites is 1. The van der Waals surface area contributed by atoms with Crippen LogP contribution < -0.4 is 0 Å². The summed E-state index contributed by atoms with van der Waals surface area (Å²) in [6.45, 7) is 11.0. The van der Waals surface area contributed by atoms with Gasteiger partial charge in [0, 0.05) is 35.4 Å². The molecule has 9 aromatic rings. The number of benzene rings is 7. The number of aromatic nitrogens is 3. The summed E-state index contributed by atoms with van der Waals surface area (Å²) in [4.78, 5) is 10.5. The van der Waals surface area contributed by atoms with E-state index in [-0.39, 0.29) is 16.6 Å². The van der Waals surface area contributed by atoms with Crippen LogP contribution in [0.3, 0.4) is 0 Å². The van der Waals surface area contributed by atoms with Gasteiger partial charge in [-0.3, -0.25) is 9.55 Å². The van der Waals surface area contributed by atoms with E-state index in [1.54, 1.807) is 18.3 Å². The molecule has 0 spiro atoms. The summed E-state index contributed by atoms with van der Waals surface area (Å²) >= 11 is 0. The second-order valence-corrected chi connectivity index (χ2v) is 20.2. The third-order valence-electron chi connectivity index (χ3n) is 13.5. The standard InChI is InChI=1S/C63H61N3O/c1-41-21-23-46(24-22-41)48-33-34-64-57(38-48)50-35-49(36-51(37-50)62(2,3)4)54-19-14-20-58-59(54)65-61(56-40-52(63(5,6)7)39-55(60(56)67)47-17-12-9-13-18-47)66(58)53-31-29-45(30-32-53)44-27-25-43(26-28-44)42-15-10-8-11-16-42/h8-24,29-40,43-44,67H,25-28H2,1-7H3/i1D3,43D,44D. The Morgan fingerprint density at radius 1 is 0.537 bits per heavy atom. The van der Waals surface area contributed by atoms with Gasteiger partial charge < -0.3 is 5.11 Å². The topological polar surface area (TPSA) is 50.9 Å². The Kier molecular flexibility index (Phi) is 10.0. The van der Waals surface area contributed by atoms with Gasteiger partial charge in [0.2, 0.25) is 0 Å². The number of nitrogens with zero attached hydrogens (tertiary/aromatic N) is 3. The quantitative estimate of drug-likeness (QED) is 0.165. The van der Waals surface area contributed by atoms with E-state index in [9.17, 15) is 7.85 Å². The lowest BCUT2D eigenvalue weighted by Gasteiger charge is -2.29. The molecule has 4 nitrogen and oxygen atoms in total. The number of aryl methyl sites for hydroxylation is 1. The molecule has 0 radical (unpaired) electrons. The first kappa shape index (κ1) is 38.1. The van der Waals surface area contributed by atoms with Crippen molar-refractivity contribution in [2.75, 3.05) is 0 Å². The molecule has 1 N–H and O–H groups in total. The van der Waals surface area contributed by atoms with Gasteiger partial charge >= 0.3 is 0 Å². The van der Waals surface area contributed by atoms with Crippen molar-refractivity contribution >= 4 is 11.0 Å². The SMILES string of the molecule is [2H]C([2H])([2H])c1ccc(-c2ccnc(-c3cc(-c4cccc5c4nc(-c4cc(C(C)(C)C)cc(-c6ccccc6)c4O)n5-c4ccc(C5([2H])CCC([2H])(c6ccccc6)CC5)cc4)cc(C(C)(C)C)c3)c2)cc1. The van der Waals surface area contributed by atoms with Crippen molar-refractivity contribution in [2.45, 2.75) is 96.7 Å². The lowest BCUT2D eigenvalue weighted by Crippen LogP contribution is -2.12. The van der Waals surface area contributed by atoms with Crippen LogP contribution in [0.5, 0.6) is 5.75 Å². The highest BCUT2D eigenvalue weighted by atomic mass is 16.3. The van der Waals surface area contributed by atoms with E-state index in [0.29, 0.717) is 42.6 Å².